The van der Waals surface area contributed by atoms with E-state index < -0.39 is 5.97 Å². The van der Waals surface area contributed by atoms with E-state index in [1.165, 1.54) is 18.7 Å². The molecule has 0 spiro atoms. The van der Waals surface area contributed by atoms with Crippen molar-refractivity contribution in [3.05, 3.63) is 35.4 Å². The van der Waals surface area contributed by atoms with Crippen molar-refractivity contribution in [2.75, 3.05) is 19.1 Å². The predicted octanol–water partition coefficient (Wildman–Crippen LogP) is 2.08. The van der Waals surface area contributed by atoms with Crippen molar-refractivity contribution in [3.63, 3.8) is 0 Å². The lowest BCUT2D eigenvalue weighted by molar-refractivity contribution is -0.133. The van der Waals surface area contributed by atoms with Gasteiger partial charge in [0.1, 0.15) is 5.75 Å². The van der Waals surface area contributed by atoms with Gasteiger partial charge in [-0.1, -0.05) is 6.07 Å². The molecule has 1 N–H and O–H groups in total. The minimum atomic E-state index is -1.09. The normalized spacial score (nSPS) is 11.6. The van der Waals surface area contributed by atoms with E-state index in [4.69, 9.17) is 9.84 Å². The number of carboxylic acid groups (broad SMARTS) is 1. The van der Waals surface area contributed by atoms with E-state index in [9.17, 15) is 9.59 Å². The highest BCUT2D eigenvalue weighted by atomic mass is 16.5. The molecule has 0 aromatic heterocycles. The van der Waals surface area contributed by atoms with Gasteiger partial charge in [0.25, 0.3) is 5.91 Å². The number of amides is 1. The van der Waals surface area contributed by atoms with Gasteiger partial charge in [0, 0.05) is 29.9 Å². The summed E-state index contributed by atoms with van der Waals surface area (Å²) < 4.78 is 5.09. The number of rotatable bonds is 4. The molecule has 1 aromatic carbocycles. The zero-order valence-corrected chi connectivity index (χ0v) is 11.4. The number of benzene rings is 1. The van der Waals surface area contributed by atoms with Crippen molar-refractivity contribution in [3.8, 4) is 5.75 Å². The Morgan fingerprint density at radius 3 is 2.37 bits per heavy atom. The molecule has 0 saturated heterocycles. The van der Waals surface area contributed by atoms with Gasteiger partial charge >= 0.3 is 5.97 Å². The molecule has 0 radical (unpaired) electrons. The summed E-state index contributed by atoms with van der Waals surface area (Å²) in [6.45, 7) is 2.91. The van der Waals surface area contributed by atoms with Crippen molar-refractivity contribution >= 4 is 17.6 Å². The highest BCUT2D eigenvalue weighted by Crippen LogP contribution is 2.21. The van der Waals surface area contributed by atoms with Crippen LogP contribution >= 0.6 is 0 Å². The average Bonchev–Trinajstić information content (AvgIpc) is 2.43. The van der Waals surface area contributed by atoms with Crippen molar-refractivity contribution in [1.82, 2.24) is 0 Å². The summed E-state index contributed by atoms with van der Waals surface area (Å²) in [5.41, 5.74) is 0.888. The Hall–Kier alpha value is -2.30. The van der Waals surface area contributed by atoms with Gasteiger partial charge in [-0.15, -0.1) is 0 Å². The molecule has 0 aliphatic rings. The SMILES string of the molecule is COc1cccc(N(C)C(=O)C(C)=C(C)C(=O)O)c1. The highest BCUT2D eigenvalue weighted by Gasteiger charge is 2.17. The molecule has 0 atom stereocenters. The van der Waals surface area contributed by atoms with Crippen LogP contribution in [0.1, 0.15) is 13.8 Å². The topological polar surface area (TPSA) is 66.8 Å². The molecule has 0 fully saturated rings. The van der Waals surface area contributed by atoms with Gasteiger partial charge < -0.3 is 14.7 Å². The molecule has 0 saturated carbocycles. The number of aliphatic carboxylic acids is 1. The largest absolute Gasteiger partial charge is 0.497 e. The molecule has 5 heteroatoms. The fourth-order valence-electron chi connectivity index (χ4n) is 1.51. The van der Waals surface area contributed by atoms with Crippen molar-refractivity contribution in [2.45, 2.75) is 13.8 Å². The zero-order chi connectivity index (χ0) is 14.6. The fourth-order valence-corrected chi connectivity index (χ4v) is 1.51. The molecule has 1 aromatic rings. The zero-order valence-electron chi connectivity index (χ0n) is 11.4. The van der Waals surface area contributed by atoms with Gasteiger partial charge in [-0.25, -0.2) is 4.79 Å². The Kier molecular flexibility index (Phi) is 4.69. The number of methoxy groups -OCH3 is 1. The first kappa shape index (κ1) is 14.8. The molecule has 1 rings (SSSR count). The molecule has 0 bridgehead atoms. The highest BCUT2D eigenvalue weighted by molar-refractivity contribution is 6.09. The molecule has 19 heavy (non-hydrogen) atoms. The minimum Gasteiger partial charge on any atom is -0.497 e. The molecule has 0 heterocycles. The Morgan fingerprint density at radius 1 is 1.21 bits per heavy atom. The summed E-state index contributed by atoms with van der Waals surface area (Å²) >= 11 is 0. The maximum absolute atomic E-state index is 12.2. The molecule has 1 amide bonds. The lowest BCUT2D eigenvalue weighted by Gasteiger charge is -2.19. The second kappa shape index (κ2) is 6.04. The van der Waals surface area contributed by atoms with Crippen LogP contribution in [-0.2, 0) is 9.59 Å². The van der Waals surface area contributed by atoms with E-state index in [2.05, 4.69) is 0 Å². The van der Waals surface area contributed by atoms with Crippen LogP contribution in [0.25, 0.3) is 0 Å². The predicted molar refractivity (Wildman–Crippen MR) is 72.4 cm³/mol. The summed E-state index contributed by atoms with van der Waals surface area (Å²) in [4.78, 5) is 24.4. The van der Waals surface area contributed by atoms with E-state index in [0.29, 0.717) is 11.4 Å². The summed E-state index contributed by atoms with van der Waals surface area (Å²) in [5.74, 6) is -0.813. The van der Waals surface area contributed by atoms with E-state index >= 15 is 0 Å². The standard InChI is InChI=1S/C14H17NO4/c1-9(10(2)14(17)18)13(16)15(3)11-6-5-7-12(8-11)19-4/h5-8H,1-4H3,(H,17,18). The van der Waals surface area contributed by atoms with Crippen LogP contribution < -0.4 is 9.64 Å². The Labute approximate surface area is 112 Å². The van der Waals surface area contributed by atoms with Crippen LogP contribution in [0.2, 0.25) is 0 Å². The quantitative estimate of drug-likeness (QED) is 0.844. The third kappa shape index (κ3) is 3.34. The van der Waals surface area contributed by atoms with Crippen LogP contribution in [-0.4, -0.2) is 31.1 Å². The number of carbonyl (C=O) groups is 2. The van der Waals surface area contributed by atoms with E-state index in [-0.39, 0.29) is 17.1 Å². The van der Waals surface area contributed by atoms with Crippen LogP contribution in [0.3, 0.4) is 0 Å². The lowest BCUT2D eigenvalue weighted by atomic mass is 10.1. The fraction of sp³-hybridized carbons (Fsp3) is 0.286. The Bertz CT molecular complexity index is 534. The monoisotopic (exact) mass is 263 g/mol. The Balaban J connectivity index is 3.06. The van der Waals surface area contributed by atoms with E-state index in [1.807, 2.05) is 0 Å². The summed E-state index contributed by atoms with van der Waals surface area (Å²) in [7, 11) is 3.14. The maximum Gasteiger partial charge on any atom is 0.331 e. The molecule has 102 valence electrons. The maximum atomic E-state index is 12.2. The van der Waals surface area contributed by atoms with Gasteiger partial charge in [0.15, 0.2) is 0 Å². The van der Waals surface area contributed by atoms with Crippen molar-refractivity contribution < 1.29 is 19.4 Å². The average molecular weight is 263 g/mol. The second-order valence-electron chi connectivity index (χ2n) is 4.12. The van der Waals surface area contributed by atoms with Gasteiger partial charge in [0.2, 0.25) is 0 Å². The first-order valence-corrected chi connectivity index (χ1v) is 5.71. The second-order valence-corrected chi connectivity index (χ2v) is 4.12. The number of ether oxygens (including phenoxy) is 1. The minimum absolute atomic E-state index is 0.0414. The van der Waals surface area contributed by atoms with Gasteiger partial charge in [-0.05, 0) is 26.0 Å². The molecule has 0 aliphatic carbocycles. The number of anilines is 1. The number of nitrogens with zero attached hydrogens (tertiary/aromatic N) is 1. The van der Waals surface area contributed by atoms with Crippen LogP contribution in [0.15, 0.2) is 35.4 Å². The van der Waals surface area contributed by atoms with Gasteiger partial charge in [0.05, 0.1) is 7.11 Å². The van der Waals surface area contributed by atoms with Crippen molar-refractivity contribution in [2.24, 2.45) is 0 Å². The number of carbonyl (C=O) groups excluding carboxylic acids is 1. The third-order valence-corrected chi connectivity index (χ3v) is 2.95. The molecule has 5 nitrogen and oxygen atoms in total. The molecular formula is C14H17NO4. The molecular weight excluding hydrogens is 246 g/mol. The number of carboxylic acids is 1. The smallest absolute Gasteiger partial charge is 0.331 e. The number of hydrogen-bond donors (Lipinski definition) is 1. The van der Waals surface area contributed by atoms with E-state index in [1.54, 1.807) is 38.4 Å². The van der Waals surface area contributed by atoms with Gasteiger partial charge in [-0.2, -0.15) is 0 Å². The first-order valence-electron chi connectivity index (χ1n) is 5.71. The Morgan fingerprint density at radius 2 is 1.84 bits per heavy atom. The first-order chi connectivity index (χ1) is 8.88. The third-order valence-electron chi connectivity index (χ3n) is 2.95. The van der Waals surface area contributed by atoms with Crippen LogP contribution in [0.5, 0.6) is 5.75 Å². The van der Waals surface area contributed by atoms with Crippen molar-refractivity contribution in [1.29, 1.82) is 0 Å². The number of hydrogen-bond acceptors (Lipinski definition) is 3. The summed E-state index contributed by atoms with van der Waals surface area (Å²) in [5, 5.41) is 8.89. The van der Waals surface area contributed by atoms with E-state index in [0.717, 1.165) is 0 Å². The molecule has 0 aliphatic heterocycles. The molecule has 0 unspecified atom stereocenters. The summed E-state index contributed by atoms with van der Waals surface area (Å²) in [6, 6.07) is 7.00. The lowest BCUT2D eigenvalue weighted by Crippen LogP contribution is -2.28. The van der Waals surface area contributed by atoms with Crippen LogP contribution in [0.4, 0.5) is 5.69 Å². The van der Waals surface area contributed by atoms with Gasteiger partial charge in [-0.3, -0.25) is 4.79 Å². The number of likely N-dealkylation sites (N-methyl/N-ethyl adjacent to an activating group) is 1. The summed E-state index contributed by atoms with van der Waals surface area (Å²) in [6.07, 6.45) is 0. The van der Waals surface area contributed by atoms with Crippen LogP contribution in [0, 0.1) is 0 Å².